The van der Waals surface area contributed by atoms with Crippen LogP contribution in [0.2, 0.25) is 0 Å². The van der Waals surface area contributed by atoms with Crippen LogP contribution in [0.4, 0.5) is 0 Å². The van der Waals surface area contributed by atoms with Crippen LogP contribution in [0.1, 0.15) is 46.5 Å². The normalized spacial score (nSPS) is 27.0. The Morgan fingerprint density at radius 2 is 1.81 bits per heavy atom. The molecule has 94 valence electrons. The van der Waals surface area contributed by atoms with Crippen LogP contribution in [-0.4, -0.2) is 46.8 Å². The summed E-state index contributed by atoms with van der Waals surface area (Å²) < 4.78 is 0. The van der Waals surface area contributed by atoms with E-state index < -0.39 is 0 Å². The summed E-state index contributed by atoms with van der Waals surface area (Å²) in [7, 11) is 0. The second-order valence-corrected chi connectivity index (χ2v) is 6.51. The van der Waals surface area contributed by atoms with Crippen LogP contribution >= 0.6 is 0 Å². The molecule has 0 aromatic heterocycles. The summed E-state index contributed by atoms with van der Waals surface area (Å²) in [6, 6.07) is 0.619. The number of nitrogens with one attached hydrogen (secondary N) is 1. The summed E-state index contributed by atoms with van der Waals surface area (Å²) in [5.74, 6) is 0. The zero-order valence-electron chi connectivity index (χ0n) is 10.9. The van der Waals surface area contributed by atoms with E-state index in [1.807, 2.05) is 0 Å². The summed E-state index contributed by atoms with van der Waals surface area (Å²) in [6.07, 6.45) is 4.75. The predicted octanol–water partition coefficient (Wildman–Crippen LogP) is 1.36. The first-order valence-electron chi connectivity index (χ1n) is 6.59. The Kier molecular flexibility index (Phi) is 3.30. The number of nitrogens with zero attached hydrogens (tertiary/aromatic N) is 1. The third kappa shape index (κ3) is 2.76. The Labute approximate surface area is 99.2 Å². The average Bonchev–Trinajstić information content (AvgIpc) is 2.98. The molecular formula is C13H26N2O. The van der Waals surface area contributed by atoms with Crippen LogP contribution in [0.15, 0.2) is 0 Å². The molecule has 1 heterocycles. The van der Waals surface area contributed by atoms with Crippen molar-refractivity contribution in [3.05, 3.63) is 0 Å². The van der Waals surface area contributed by atoms with E-state index in [-0.39, 0.29) is 5.54 Å². The largest absolute Gasteiger partial charge is 0.394 e. The standard InChI is InChI=1S/C13H26N2O/c1-12(2,3)15-8-4-11(5-9-15)14-13(10-16)6-7-13/h11,14,16H,4-10H2,1-3H3. The maximum absolute atomic E-state index is 9.30. The van der Waals surface area contributed by atoms with Gasteiger partial charge in [-0.15, -0.1) is 0 Å². The van der Waals surface area contributed by atoms with Crippen molar-refractivity contribution in [2.45, 2.75) is 63.6 Å². The van der Waals surface area contributed by atoms with Gasteiger partial charge in [0.05, 0.1) is 6.61 Å². The van der Waals surface area contributed by atoms with Crippen molar-refractivity contribution >= 4 is 0 Å². The van der Waals surface area contributed by atoms with E-state index in [2.05, 4.69) is 31.0 Å². The molecule has 1 saturated carbocycles. The number of piperidine rings is 1. The minimum atomic E-state index is 0.106. The molecule has 0 amide bonds. The fraction of sp³-hybridized carbons (Fsp3) is 1.00. The van der Waals surface area contributed by atoms with E-state index in [1.54, 1.807) is 0 Å². The van der Waals surface area contributed by atoms with Gasteiger partial charge in [-0.3, -0.25) is 4.90 Å². The fourth-order valence-electron chi connectivity index (χ4n) is 2.63. The topological polar surface area (TPSA) is 35.5 Å². The zero-order valence-corrected chi connectivity index (χ0v) is 10.9. The van der Waals surface area contributed by atoms with Crippen molar-refractivity contribution in [3.8, 4) is 0 Å². The van der Waals surface area contributed by atoms with Gasteiger partial charge in [-0.1, -0.05) is 0 Å². The first-order chi connectivity index (χ1) is 7.45. The second kappa shape index (κ2) is 4.28. The molecule has 3 heteroatoms. The van der Waals surface area contributed by atoms with Gasteiger partial charge in [-0.25, -0.2) is 0 Å². The third-order valence-corrected chi connectivity index (χ3v) is 4.11. The minimum absolute atomic E-state index is 0.106. The summed E-state index contributed by atoms with van der Waals surface area (Å²) in [5.41, 5.74) is 0.411. The van der Waals surface area contributed by atoms with Gasteiger partial charge in [0.2, 0.25) is 0 Å². The van der Waals surface area contributed by atoms with Crippen LogP contribution in [0.3, 0.4) is 0 Å². The van der Waals surface area contributed by atoms with Crippen molar-refractivity contribution in [2.75, 3.05) is 19.7 Å². The van der Waals surface area contributed by atoms with Gasteiger partial charge in [0, 0.05) is 30.2 Å². The third-order valence-electron chi connectivity index (χ3n) is 4.11. The van der Waals surface area contributed by atoms with E-state index in [1.165, 1.54) is 25.9 Å². The van der Waals surface area contributed by atoms with Crippen LogP contribution in [0, 0.1) is 0 Å². The lowest BCUT2D eigenvalue weighted by atomic mass is 9.97. The summed E-state index contributed by atoms with van der Waals surface area (Å²) in [5, 5.41) is 12.9. The smallest absolute Gasteiger partial charge is 0.0613 e. The monoisotopic (exact) mass is 226 g/mol. The number of rotatable bonds is 3. The average molecular weight is 226 g/mol. The van der Waals surface area contributed by atoms with Crippen molar-refractivity contribution in [1.82, 2.24) is 10.2 Å². The van der Waals surface area contributed by atoms with E-state index >= 15 is 0 Å². The Morgan fingerprint density at radius 1 is 1.25 bits per heavy atom. The highest BCUT2D eigenvalue weighted by Crippen LogP contribution is 2.36. The van der Waals surface area contributed by atoms with Crippen LogP contribution in [-0.2, 0) is 0 Å². The molecule has 2 aliphatic rings. The highest BCUT2D eigenvalue weighted by atomic mass is 16.3. The highest BCUT2D eigenvalue weighted by Gasteiger charge is 2.43. The minimum Gasteiger partial charge on any atom is -0.394 e. The van der Waals surface area contributed by atoms with Gasteiger partial charge in [0.15, 0.2) is 0 Å². The summed E-state index contributed by atoms with van der Waals surface area (Å²) in [6.45, 7) is 9.54. The van der Waals surface area contributed by atoms with Gasteiger partial charge in [0.1, 0.15) is 0 Å². The van der Waals surface area contributed by atoms with Crippen molar-refractivity contribution < 1.29 is 5.11 Å². The van der Waals surface area contributed by atoms with Gasteiger partial charge < -0.3 is 10.4 Å². The van der Waals surface area contributed by atoms with Crippen molar-refractivity contribution in [1.29, 1.82) is 0 Å². The van der Waals surface area contributed by atoms with Crippen molar-refractivity contribution in [3.63, 3.8) is 0 Å². The van der Waals surface area contributed by atoms with Crippen LogP contribution in [0.25, 0.3) is 0 Å². The Balaban J connectivity index is 1.77. The van der Waals surface area contributed by atoms with Crippen LogP contribution < -0.4 is 5.32 Å². The highest BCUT2D eigenvalue weighted by molar-refractivity contribution is 5.03. The fourth-order valence-corrected chi connectivity index (χ4v) is 2.63. The van der Waals surface area contributed by atoms with Gasteiger partial charge in [0.25, 0.3) is 0 Å². The molecule has 2 fully saturated rings. The molecule has 3 nitrogen and oxygen atoms in total. The van der Waals surface area contributed by atoms with Gasteiger partial charge >= 0.3 is 0 Å². The summed E-state index contributed by atoms with van der Waals surface area (Å²) in [4.78, 5) is 2.56. The van der Waals surface area contributed by atoms with E-state index in [9.17, 15) is 5.11 Å². The lowest BCUT2D eigenvalue weighted by molar-refractivity contribution is 0.0888. The molecule has 0 radical (unpaired) electrons. The number of hydrogen-bond acceptors (Lipinski definition) is 3. The van der Waals surface area contributed by atoms with Crippen molar-refractivity contribution in [2.24, 2.45) is 0 Å². The van der Waals surface area contributed by atoms with E-state index in [4.69, 9.17) is 0 Å². The lowest BCUT2D eigenvalue weighted by Gasteiger charge is -2.41. The molecule has 2 N–H and O–H groups in total. The number of aliphatic hydroxyl groups excluding tert-OH is 1. The molecule has 2 rings (SSSR count). The van der Waals surface area contributed by atoms with Crippen LogP contribution in [0.5, 0.6) is 0 Å². The van der Waals surface area contributed by atoms with E-state index in [0.717, 1.165) is 12.8 Å². The van der Waals surface area contributed by atoms with Gasteiger partial charge in [-0.05, 0) is 46.5 Å². The molecular weight excluding hydrogens is 200 g/mol. The Morgan fingerprint density at radius 3 is 2.19 bits per heavy atom. The summed E-state index contributed by atoms with van der Waals surface area (Å²) >= 11 is 0. The lowest BCUT2D eigenvalue weighted by Crippen LogP contribution is -2.52. The molecule has 16 heavy (non-hydrogen) atoms. The van der Waals surface area contributed by atoms with Gasteiger partial charge in [-0.2, -0.15) is 0 Å². The number of hydrogen-bond donors (Lipinski definition) is 2. The Hall–Kier alpha value is -0.120. The predicted molar refractivity (Wildman–Crippen MR) is 66.5 cm³/mol. The zero-order chi connectivity index (χ0) is 11.8. The number of likely N-dealkylation sites (tertiary alicyclic amines) is 1. The molecule has 0 aromatic carbocycles. The first kappa shape index (κ1) is 12.3. The molecule has 1 aliphatic carbocycles. The number of aliphatic hydroxyl groups is 1. The second-order valence-electron chi connectivity index (χ2n) is 6.51. The molecule has 1 saturated heterocycles. The molecule has 0 aromatic rings. The maximum Gasteiger partial charge on any atom is 0.0613 e. The molecule has 0 atom stereocenters. The quantitative estimate of drug-likeness (QED) is 0.763. The molecule has 0 spiro atoms. The molecule has 1 aliphatic heterocycles. The molecule has 0 unspecified atom stereocenters. The first-order valence-corrected chi connectivity index (χ1v) is 6.59. The SMILES string of the molecule is CC(C)(C)N1CCC(NC2(CO)CC2)CC1. The maximum atomic E-state index is 9.30. The molecule has 0 bridgehead atoms. The van der Waals surface area contributed by atoms with E-state index in [0.29, 0.717) is 18.2 Å². The Bertz CT molecular complexity index is 235.